The van der Waals surface area contributed by atoms with Gasteiger partial charge in [-0.15, -0.1) is 11.3 Å². The number of thiazole rings is 1. The maximum absolute atomic E-state index is 12.6. The number of hydrogen-bond acceptors (Lipinski definition) is 5. The molecule has 0 aliphatic carbocycles. The molecule has 0 spiro atoms. The molecule has 0 bridgehead atoms. The highest BCUT2D eigenvalue weighted by Gasteiger charge is 2.19. The summed E-state index contributed by atoms with van der Waals surface area (Å²) in [6, 6.07) is 22.2. The van der Waals surface area contributed by atoms with E-state index in [9.17, 15) is 9.59 Å². The second kappa shape index (κ2) is 9.89. The molecule has 1 N–H and O–H groups in total. The van der Waals surface area contributed by atoms with E-state index < -0.39 is 6.04 Å². The number of carbonyl (C=O) groups excluding carboxylic acids is 2. The summed E-state index contributed by atoms with van der Waals surface area (Å²) in [7, 11) is 0. The second-order valence-electron chi connectivity index (χ2n) is 6.95. The van der Waals surface area contributed by atoms with Crippen LogP contribution in [0, 0.1) is 0 Å². The van der Waals surface area contributed by atoms with Gasteiger partial charge >= 0.3 is 0 Å². The third kappa shape index (κ3) is 5.01. The molecule has 2 amide bonds. The van der Waals surface area contributed by atoms with Gasteiger partial charge in [-0.05, 0) is 35.9 Å². The first-order valence-corrected chi connectivity index (χ1v) is 10.9. The first-order chi connectivity index (χ1) is 15.6. The van der Waals surface area contributed by atoms with Gasteiger partial charge in [-0.2, -0.15) is 0 Å². The molecule has 6 nitrogen and oxygen atoms in total. The van der Waals surface area contributed by atoms with Crippen LogP contribution in [0.2, 0.25) is 0 Å². The Labute approximate surface area is 189 Å². The summed E-state index contributed by atoms with van der Waals surface area (Å²) in [5, 5.41) is 5.32. The van der Waals surface area contributed by atoms with Gasteiger partial charge in [0.05, 0.1) is 17.6 Å². The fourth-order valence-electron chi connectivity index (χ4n) is 3.23. The molecule has 32 heavy (non-hydrogen) atoms. The van der Waals surface area contributed by atoms with Crippen LogP contribution in [0.3, 0.4) is 0 Å². The minimum atomic E-state index is -0.402. The fraction of sp³-hybridized carbons (Fsp3) is 0.0800. The summed E-state index contributed by atoms with van der Waals surface area (Å²) in [6.07, 6.45) is 4.64. The van der Waals surface area contributed by atoms with E-state index in [-0.39, 0.29) is 11.8 Å². The molecule has 160 valence electrons. The number of rotatable bonds is 7. The van der Waals surface area contributed by atoms with Gasteiger partial charge in [0.15, 0.2) is 5.13 Å². The summed E-state index contributed by atoms with van der Waals surface area (Å²) >= 11 is 1.34. The molecule has 0 saturated carbocycles. The van der Waals surface area contributed by atoms with Crippen molar-refractivity contribution in [3.05, 3.63) is 108 Å². The molecule has 0 saturated heterocycles. The van der Waals surface area contributed by atoms with Gasteiger partial charge in [-0.1, -0.05) is 48.5 Å². The monoisotopic (exact) mass is 443 g/mol. The van der Waals surface area contributed by atoms with Crippen molar-refractivity contribution in [3.63, 3.8) is 0 Å². The van der Waals surface area contributed by atoms with E-state index >= 15 is 0 Å². The maximum atomic E-state index is 12.6. The van der Waals surface area contributed by atoms with Crippen LogP contribution in [0.1, 0.15) is 30.0 Å². The third-order valence-corrected chi connectivity index (χ3v) is 5.53. The van der Waals surface area contributed by atoms with Crippen molar-refractivity contribution < 1.29 is 14.0 Å². The molecule has 4 aromatic rings. The van der Waals surface area contributed by atoms with Crippen LogP contribution >= 0.6 is 11.3 Å². The van der Waals surface area contributed by atoms with Gasteiger partial charge in [-0.3, -0.25) is 14.5 Å². The number of furan rings is 1. The number of amides is 2. The van der Waals surface area contributed by atoms with Crippen molar-refractivity contribution in [2.75, 3.05) is 4.90 Å². The van der Waals surface area contributed by atoms with Crippen molar-refractivity contribution in [2.45, 2.75) is 13.0 Å². The summed E-state index contributed by atoms with van der Waals surface area (Å²) < 4.78 is 5.52. The topological polar surface area (TPSA) is 75.4 Å². The number of benzene rings is 2. The van der Waals surface area contributed by atoms with Gasteiger partial charge in [0.25, 0.3) is 0 Å². The highest BCUT2D eigenvalue weighted by atomic mass is 32.1. The molecule has 0 radical (unpaired) electrons. The standard InChI is InChI=1S/C25H21N3O3S/c1-18(29)28(21-11-6-3-7-12-21)25-26-20(17-32-25)14-15-23(30)27-24(22-13-8-16-31-22)19-9-4-2-5-10-19/h2-17,24H,1H3,(H,27,30)/b15-14+. The van der Waals surface area contributed by atoms with Gasteiger partial charge in [0.1, 0.15) is 11.8 Å². The molecular formula is C25H21N3O3S. The minimum absolute atomic E-state index is 0.136. The van der Waals surface area contributed by atoms with Gasteiger partial charge in [0.2, 0.25) is 11.8 Å². The number of aromatic nitrogens is 1. The molecular weight excluding hydrogens is 422 g/mol. The predicted molar refractivity (Wildman–Crippen MR) is 126 cm³/mol. The number of nitrogens with one attached hydrogen (secondary N) is 1. The molecule has 1 unspecified atom stereocenters. The number of para-hydroxylation sites is 1. The Hall–Kier alpha value is -3.97. The summed E-state index contributed by atoms with van der Waals surface area (Å²) in [4.78, 5) is 30.9. The lowest BCUT2D eigenvalue weighted by molar-refractivity contribution is -0.117. The average molecular weight is 444 g/mol. The number of carbonyl (C=O) groups is 2. The second-order valence-corrected chi connectivity index (χ2v) is 7.78. The van der Waals surface area contributed by atoms with E-state index in [0.717, 1.165) is 11.3 Å². The number of anilines is 2. The van der Waals surface area contributed by atoms with Crippen LogP contribution in [0.5, 0.6) is 0 Å². The Bertz CT molecular complexity index is 1200. The van der Waals surface area contributed by atoms with E-state index in [1.807, 2.05) is 66.7 Å². The molecule has 2 aromatic carbocycles. The number of nitrogens with zero attached hydrogens (tertiary/aromatic N) is 2. The van der Waals surface area contributed by atoms with E-state index in [4.69, 9.17) is 4.42 Å². The number of hydrogen-bond donors (Lipinski definition) is 1. The Morgan fingerprint density at radius 3 is 2.41 bits per heavy atom. The first kappa shape index (κ1) is 21.3. The Morgan fingerprint density at radius 2 is 1.75 bits per heavy atom. The Balaban J connectivity index is 1.49. The molecule has 2 aromatic heterocycles. The lowest BCUT2D eigenvalue weighted by atomic mass is 10.0. The van der Waals surface area contributed by atoms with Gasteiger partial charge in [-0.25, -0.2) is 4.98 Å². The zero-order chi connectivity index (χ0) is 22.3. The molecule has 0 aliphatic heterocycles. The van der Waals surface area contributed by atoms with Crippen LogP contribution in [0.15, 0.2) is 94.9 Å². The predicted octanol–water partition coefficient (Wildman–Crippen LogP) is 5.34. The van der Waals surface area contributed by atoms with E-state index in [1.54, 1.807) is 28.7 Å². The van der Waals surface area contributed by atoms with E-state index in [0.29, 0.717) is 16.6 Å². The largest absolute Gasteiger partial charge is 0.467 e. The first-order valence-electron chi connectivity index (χ1n) is 10.00. The van der Waals surface area contributed by atoms with Crippen molar-refractivity contribution in [1.29, 1.82) is 0 Å². The quantitative estimate of drug-likeness (QED) is 0.391. The van der Waals surface area contributed by atoms with E-state index in [2.05, 4.69) is 10.3 Å². The van der Waals surface area contributed by atoms with Crippen molar-refractivity contribution in [1.82, 2.24) is 10.3 Å². The van der Waals surface area contributed by atoms with Crippen LogP contribution in [0.4, 0.5) is 10.8 Å². The molecule has 0 aliphatic rings. The summed E-state index contributed by atoms with van der Waals surface area (Å²) in [6.45, 7) is 1.50. The zero-order valence-corrected chi connectivity index (χ0v) is 18.2. The molecule has 4 rings (SSSR count). The van der Waals surface area contributed by atoms with Crippen LogP contribution < -0.4 is 10.2 Å². The van der Waals surface area contributed by atoms with Gasteiger partial charge in [0, 0.05) is 18.4 Å². The SMILES string of the molecule is CC(=O)N(c1ccccc1)c1nc(/C=C/C(=O)NC(c2ccccc2)c2ccco2)cs1. The average Bonchev–Trinajstić information content (AvgIpc) is 3.50. The van der Waals surface area contributed by atoms with E-state index in [1.165, 1.54) is 24.3 Å². The lowest BCUT2D eigenvalue weighted by Gasteiger charge is -2.17. The highest BCUT2D eigenvalue weighted by molar-refractivity contribution is 7.14. The van der Waals surface area contributed by atoms with Crippen LogP contribution in [0.25, 0.3) is 6.08 Å². The van der Waals surface area contributed by atoms with Crippen molar-refractivity contribution >= 4 is 40.0 Å². The van der Waals surface area contributed by atoms with Crippen LogP contribution in [-0.4, -0.2) is 16.8 Å². The maximum Gasteiger partial charge on any atom is 0.244 e. The fourth-order valence-corrected chi connectivity index (χ4v) is 4.09. The Kier molecular flexibility index (Phi) is 6.57. The molecule has 2 heterocycles. The molecule has 0 fully saturated rings. The van der Waals surface area contributed by atoms with Crippen LogP contribution in [-0.2, 0) is 9.59 Å². The lowest BCUT2D eigenvalue weighted by Crippen LogP contribution is -2.27. The third-order valence-electron chi connectivity index (χ3n) is 4.68. The summed E-state index contributed by atoms with van der Waals surface area (Å²) in [5.41, 5.74) is 2.25. The molecule has 7 heteroatoms. The van der Waals surface area contributed by atoms with Crippen molar-refractivity contribution in [2.24, 2.45) is 0 Å². The minimum Gasteiger partial charge on any atom is -0.467 e. The highest BCUT2D eigenvalue weighted by Crippen LogP contribution is 2.29. The normalized spacial score (nSPS) is 11.9. The Morgan fingerprint density at radius 1 is 1.03 bits per heavy atom. The smallest absolute Gasteiger partial charge is 0.244 e. The van der Waals surface area contributed by atoms with Gasteiger partial charge < -0.3 is 9.73 Å². The summed E-state index contributed by atoms with van der Waals surface area (Å²) in [5.74, 6) is 0.230. The van der Waals surface area contributed by atoms with Crippen molar-refractivity contribution in [3.8, 4) is 0 Å². The zero-order valence-electron chi connectivity index (χ0n) is 17.3. The molecule has 1 atom stereocenters.